The number of aryl methyl sites for hydroxylation is 1. The molecule has 2 heterocycles. The Hall–Kier alpha value is -0.870. The zero-order valence-corrected chi connectivity index (χ0v) is 8.64. The maximum Gasteiger partial charge on any atom is 0.108 e. The van der Waals surface area contributed by atoms with Gasteiger partial charge >= 0.3 is 0 Å². The lowest BCUT2D eigenvalue weighted by atomic mass is 10.3. The van der Waals surface area contributed by atoms with Crippen LogP contribution in [0.1, 0.15) is 5.01 Å². The van der Waals surface area contributed by atoms with E-state index in [1.54, 1.807) is 22.2 Å². The standard InChI is InChI=1S/C8H8ClN3S/c1-12-7(2-3-10-12)6-5-13-8(4-9)11-6/h2-3,5H,4H2,1H3. The van der Waals surface area contributed by atoms with E-state index in [2.05, 4.69) is 10.1 Å². The van der Waals surface area contributed by atoms with Gasteiger partial charge < -0.3 is 0 Å². The van der Waals surface area contributed by atoms with Crippen molar-refractivity contribution in [3.8, 4) is 11.4 Å². The van der Waals surface area contributed by atoms with Crippen LogP contribution < -0.4 is 0 Å². The number of nitrogens with zero attached hydrogens (tertiary/aromatic N) is 3. The maximum absolute atomic E-state index is 5.67. The van der Waals surface area contributed by atoms with Crippen molar-refractivity contribution in [3.05, 3.63) is 22.7 Å². The fraction of sp³-hybridized carbons (Fsp3) is 0.250. The largest absolute Gasteiger partial charge is 0.266 e. The molecule has 2 aromatic heterocycles. The Morgan fingerprint density at radius 1 is 1.62 bits per heavy atom. The molecule has 0 N–H and O–H groups in total. The van der Waals surface area contributed by atoms with Gasteiger partial charge in [0.2, 0.25) is 0 Å². The molecule has 0 spiro atoms. The van der Waals surface area contributed by atoms with Crippen molar-refractivity contribution in [2.24, 2.45) is 7.05 Å². The summed E-state index contributed by atoms with van der Waals surface area (Å²) in [6.07, 6.45) is 1.76. The van der Waals surface area contributed by atoms with Gasteiger partial charge in [-0.25, -0.2) is 4.98 Å². The van der Waals surface area contributed by atoms with Crippen molar-refractivity contribution in [1.82, 2.24) is 14.8 Å². The fourth-order valence-electron chi connectivity index (χ4n) is 1.12. The third kappa shape index (κ3) is 1.59. The minimum Gasteiger partial charge on any atom is -0.266 e. The first-order chi connectivity index (χ1) is 6.31. The molecule has 0 amide bonds. The van der Waals surface area contributed by atoms with Crippen LogP contribution in [-0.2, 0) is 12.9 Å². The predicted molar refractivity (Wildman–Crippen MR) is 53.9 cm³/mol. The zero-order chi connectivity index (χ0) is 9.26. The molecule has 0 fully saturated rings. The number of rotatable bonds is 2. The monoisotopic (exact) mass is 213 g/mol. The maximum atomic E-state index is 5.67. The number of halogens is 1. The van der Waals surface area contributed by atoms with Gasteiger partial charge in [0.05, 0.1) is 17.3 Å². The molecule has 0 unspecified atom stereocenters. The Bertz CT molecular complexity index is 407. The van der Waals surface area contributed by atoms with E-state index in [4.69, 9.17) is 11.6 Å². The number of aromatic nitrogens is 3. The molecule has 0 aliphatic heterocycles. The lowest BCUT2D eigenvalue weighted by Crippen LogP contribution is -1.93. The lowest BCUT2D eigenvalue weighted by Gasteiger charge is -1.95. The average Bonchev–Trinajstić information content (AvgIpc) is 2.71. The summed E-state index contributed by atoms with van der Waals surface area (Å²) < 4.78 is 1.80. The third-order valence-electron chi connectivity index (χ3n) is 1.75. The van der Waals surface area contributed by atoms with Crippen molar-refractivity contribution >= 4 is 22.9 Å². The Labute approximate surface area is 85.0 Å². The molecule has 0 aromatic carbocycles. The number of hydrogen-bond acceptors (Lipinski definition) is 3. The van der Waals surface area contributed by atoms with Crippen LogP contribution in [-0.4, -0.2) is 14.8 Å². The van der Waals surface area contributed by atoms with E-state index < -0.39 is 0 Å². The van der Waals surface area contributed by atoms with Crippen LogP contribution in [0.2, 0.25) is 0 Å². The van der Waals surface area contributed by atoms with Crippen LogP contribution in [0, 0.1) is 0 Å². The molecule has 0 saturated heterocycles. The molecular formula is C8H8ClN3S. The molecule has 0 aliphatic rings. The minimum atomic E-state index is 0.475. The fourth-order valence-corrected chi connectivity index (χ4v) is 2.00. The molecule has 2 aromatic rings. The van der Waals surface area contributed by atoms with Gasteiger partial charge in [-0.05, 0) is 6.07 Å². The highest BCUT2D eigenvalue weighted by Gasteiger charge is 2.06. The second-order valence-electron chi connectivity index (χ2n) is 2.60. The van der Waals surface area contributed by atoms with E-state index >= 15 is 0 Å². The van der Waals surface area contributed by atoms with E-state index in [-0.39, 0.29) is 0 Å². The number of hydrogen-bond donors (Lipinski definition) is 0. The summed E-state index contributed by atoms with van der Waals surface area (Å²) in [7, 11) is 1.90. The first kappa shape index (κ1) is 8.72. The third-order valence-corrected chi connectivity index (χ3v) is 3.01. The SMILES string of the molecule is Cn1nccc1-c1csc(CCl)n1. The molecule has 5 heteroatoms. The van der Waals surface area contributed by atoms with Crippen LogP contribution in [0.3, 0.4) is 0 Å². The Balaban J connectivity index is 2.41. The highest BCUT2D eigenvalue weighted by molar-refractivity contribution is 7.10. The normalized spacial score (nSPS) is 10.6. The quantitative estimate of drug-likeness (QED) is 0.717. The molecule has 68 valence electrons. The predicted octanol–water partition coefficient (Wildman–Crippen LogP) is 2.28. The molecule has 0 aliphatic carbocycles. The van der Waals surface area contributed by atoms with Gasteiger partial charge in [-0.3, -0.25) is 4.68 Å². The summed E-state index contributed by atoms with van der Waals surface area (Å²) in [5.41, 5.74) is 1.97. The summed E-state index contributed by atoms with van der Waals surface area (Å²) in [6, 6.07) is 1.94. The van der Waals surface area contributed by atoms with Crippen LogP contribution in [0.15, 0.2) is 17.6 Å². The lowest BCUT2D eigenvalue weighted by molar-refractivity contribution is 0.773. The molecule has 0 atom stereocenters. The van der Waals surface area contributed by atoms with Crippen molar-refractivity contribution < 1.29 is 0 Å². The van der Waals surface area contributed by atoms with Crippen molar-refractivity contribution in [2.75, 3.05) is 0 Å². The van der Waals surface area contributed by atoms with Crippen LogP contribution >= 0.6 is 22.9 Å². The van der Waals surface area contributed by atoms with Crippen molar-refractivity contribution in [2.45, 2.75) is 5.88 Å². The van der Waals surface area contributed by atoms with Crippen molar-refractivity contribution in [1.29, 1.82) is 0 Å². The van der Waals surface area contributed by atoms with Gasteiger partial charge in [0.1, 0.15) is 5.01 Å². The van der Waals surface area contributed by atoms with Crippen LogP contribution in [0.25, 0.3) is 11.4 Å². The van der Waals surface area contributed by atoms with Gasteiger partial charge in [-0.1, -0.05) is 0 Å². The van der Waals surface area contributed by atoms with Gasteiger partial charge in [-0.2, -0.15) is 5.10 Å². The first-order valence-electron chi connectivity index (χ1n) is 3.80. The number of alkyl halides is 1. The van der Waals surface area contributed by atoms with Gasteiger partial charge in [0.15, 0.2) is 0 Å². The molecule has 3 nitrogen and oxygen atoms in total. The van der Waals surface area contributed by atoms with Gasteiger partial charge in [0, 0.05) is 18.6 Å². The summed E-state index contributed by atoms with van der Waals surface area (Å²) in [5, 5.41) is 7.01. The molecule has 0 bridgehead atoms. The molecule has 2 rings (SSSR count). The van der Waals surface area contributed by atoms with E-state index in [1.165, 1.54) is 0 Å². The van der Waals surface area contributed by atoms with E-state index in [0.717, 1.165) is 16.4 Å². The minimum absolute atomic E-state index is 0.475. The van der Waals surface area contributed by atoms with Crippen molar-refractivity contribution in [3.63, 3.8) is 0 Å². The highest BCUT2D eigenvalue weighted by atomic mass is 35.5. The molecule has 13 heavy (non-hydrogen) atoms. The first-order valence-corrected chi connectivity index (χ1v) is 5.21. The summed E-state index contributed by atoms with van der Waals surface area (Å²) in [4.78, 5) is 4.36. The topological polar surface area (TPSA) is 30.7 Å². The summed E-state index contributed by atoms with van der Waals surface area (Å²) in [6.45, 7) is 0. The van der Waals surface area contributed by atoms with Crippen LogP contribution in [0.5, 0.6) is 0 Å². The molecule has 0 radical (unpaired) electrons. The van der Waals surface area contributed by atoms with Gasteiger partial charge in [0.25, 0.3) is 0 Å². The van der Waals surface area contributed by atoms with E-state index in [1.807, 2.05) is 18.5 Å². The van der Waals surface area contributed by atoms with E-state index in [9.17, 15) is 0 Å². The van der Waals surface area contributed by atoms with Gasteiger partial charge in [-0.15, -0.1) is 22.9 Å². The Morgan fingerprint density at radius 2 is 2.46 bits per heavy atom. The zero-order valence-electron chi connectivity index (χ0n) is 7.07. The average molecular weight is 214 g/mol. The second-order valence-corrected chi connectivity index (χ2v) is 3.81. The number of thiazole rings is 1. The smallest absolute Gasteiger partial charge is 0.108 e. The summed E-state index contributed by atoms with van der Waals surface area (Å²) in [5.74, 6) is 0.475. The van der Waals surface area contributed by atoms with Crippen LogP contribution in [0.4, 0.5) is 0 Å². The summed E-state index contributed by atoms with van der Waals surface area (Å²) >= 11 is 7.24. The van der Waals surface area contributed by atoms with E-state index in [0.29, 0.717) is 5.88 Å². The highest BCUT2D eigenvalue weighted by Crippen LogP contribution is 2.21. The second kappa shape index (κ2) is 3.47. The molecular weight excluding hydrogens is 206 g/mol. The Kier molecular flexibility index (Phi) is 2.33. The Morgan fingerprint density at radius 3 is 3.00 bits per heavy atom. The molecule has 0 saturated carbocycles.